The molecule has 0 aliphatic rings. The first-order valence-corrected chi connectivity index (χ1v) is 2.74. The van der Waals surface area contributed by atoms with Crippen LogP contribution in [-0.4, -0.2) is 0 Å². The molecule has 8 heavy (non-hydrogen) atoms. The molecule has 0 saturated carbocycles. The van der Waals surface area contributed by atoms with Crippen LogP contribution in [0.2, 0.25) is 0 Å². The summed E-state index contributed by atoms with van der Waals surface area (Å²) in [4.78, 5) is 0. The van der Waals surface area contributed by atoms with E-state index in [0.717, 1.165) is 5.57 Å². The number of rotatable bonds is 1. The van der Waals surface area contributed by atoms with Crippen molar-refractivity contribution in [2.45, 2.75) is 20.8 Å². The molecule has 0 fully saturated rings. The monoisotopic (exact) mass is 111 g/mol. The smallest absolute Gasteiger partial charge is 0.00300 e. The molecule has 1 nitrogen and oxygen atoms in total. The minimum Gasteiger partial charge on any atom is -0.404 e. The van der Waals surface area contributed by atoms with Gasteiger partial charge in [0.05, 0.1) is 0 Å². The number of hydrogen-bond donors (Lipinski definition) is 1. The topological polar surface area (TPSA) is 26.0 Å². The normalized spacial score (nSPS) is 14.4. The summed E-state index contributed by atoms with van der Waals surface area (Å²) in [6, 6.07) is 0. The average molecular weight is 111 g/mol. The largest absolute Gasteiger partial charge is 0.404 e. The first-order chi connectivity index (χ1) is 3.72. The Balaban J connectivity index is 4.04. The Morgan fingerprint density at radius 1 is 1.25 bits per heavy atom. The molecule has 0 aromatic heterocycles. The van der Waals surface area contributed by atoms with E-state index in [1.807, 2.05) is 26.8 Å². The molecule has 0 radical (unpaired) electrons. The predicted molar refractivity (Wildman–Crippen MR) is 37.4 cm³/mol. The van der Waals surface area contributed by atoms with E-state index in [1.165, 1.54) is 5.57 Å². The average Bonchev–Trinajstić information content (AvgIpc) is 1.84. The van der Waals surface area contributed by atoms with E-state index in [-0.39, 0.29) is 0 Å². The van der Waals surface area contributed by atoms with E-state index < -0.39 is 0 Å². The van der Waals surface area contributed by atoms with Crippen LogP contribution >= 0.6 is 0 Å². The van der Waals surface area contributed by atoms with Crippen LogP contribution < -0.4 is 5.73 Å². The molecule has 1 heteroatoms. The van der Waals surface area contributed by atoms with E-state index in [9.17, 15) is 0 Å². The van der Waals surface area contributed by atoms with Gasteiger partial charge in [0.25, 0.3) is 0 Å². The highest BCUT2D eigenvalue weighted by atomic mass is 14.5. The van der Waals surface area contributed by atoms with Crippen molar-refractivity contribution in [2.75, 3.05) is 0 Å². The summed E-state index contributed by atoms with van der Waals surface area (Å²) in [5.74, 6) is 0. The lowest BCUT2D eigenvalue weighted by Gasteiger charge is -1.95. The van der Waals surface area contributed by atoms with Gasteiger partial charge in [0, 0.05) is 0 Å². The van der Waals surface area contributed by atoms with Crippen molar-refractivity contribution in [3.63, 3.8) is 0 Å². The Morgan fingerprint density at radius 3 is 1.88 bits per heavy atom. The second-order valence-electron chi connectivity index (χ2n) is 1.82. The van der Waals surface area contributed by atoms with E-state index in [4.69, 9.17) is 5.73 Å². The fraction of sp³-hybridized carbons (Fsp3) is 0.429. The second-order valence-corrected chi connectivity index (χ2v) is 1.82. The number of hydrogen-bond acceptors (Lipinski definition) is 1. The third kappa shape index (κ3) is 1.82. The molecular formula is C7H13N. The van der Waals surface area contributed by atoms with Gasteiger partial charge in [-0.25, -0.2) is 0 Å². The molecule has 0 bridgehead atoms. The SMILES string of the molecule is C/C=C(C)\C(C)=C/N. The highest BCUT2D eigenvalue weighted by Gasteiger charge is 1.85. The minimum atomic E-state index is 1.15. The summed E-state index contributed by atoms with van der Waals surface area (Å²) in [5, 5.41) is 0. The zero-order valence-corrected chi connectivity index (χ0v) is 5.73. The zero-order valence-electron chi connectivity index (χ0n) is 5.73. The Kier molecular flexibility index (Phi) is 3.01. The molecule has 0 aromatic rings. The maximum absolute atomic E-state index is 5.25. The molecule has 0 atom stereocenters. The highest BCUT2D eigenvalue weighted by molar-refractivity contribution is 5.24. The van der Waals surface area contributed by atoms with Gasteiger partial charge in [0.1, 0.15) is 0 Å². The van der Waals surface area contributed by atoms with Gasteiger partial charge in [-0.2, -0.15) is 0 Å². The first-order valence-electron chi connectivity index (χ1n) is 2.74. The van der Waals surface area contributed by atoms with Gasteiger partial charge in [0.15, 0.2) is 0 Å². The molecule has 0 aliphatic heterocycles. The van der Waals surface area contributed by atoms with Crippen molar-refractivity contribution in [3.05, 3.63) is 23.4 Å². The van der Waals surface area contributed by atoms with Crippen LogP contribution in [0.4, 0.5) is 0 Å². The third-order valence-electron chi connectivity index (χ3n) is 1.31. The van der Waals surface area contributed by atoms with Gasteiger partial charge in [-0.1, -0.05) is 11.6 Å². The minimum absolute atomic E-state index is 1.15. The molecule has 0 saturated heterocycles. The third-order valence-corrected chi connectivity index (χ3v) is 1.31. The summed E-state index contributed by atoms with van der Waals surface area (Å²) in [6.45, 7) is 6.04. The Bertz CT molecular complexity index is 104. The van der Waals surface area contributed by atoms with E-state index >= 15 is 0 Å². The van der Waals surface area contributed by atoms with Crippen molar-refractivity contribution < 1.29 is 0 Å². The first kappa shape index (κ1) is 7.28. The molecule has 46 valence electrons. The van der Waals surface area contributed by atoms with Crippen molar-refractivity contribution >= 4 is 0 Å². The van der Waals surface area contributed by atoms with E-state index in [0.29, 0.717) is 0 Å². The lowest BCUT2D eigenvalue weighted by Crippen LogP contribution is -1.84. The molecule has 0 aromatic carbocycles. The van der Waals surface area contributed by atoms with Crippen LogP contribution in [0.15, 0.2) is 23.4 Å². The van der Waals surface area contributed by atoms with Gasteiger partial charge in [0.2, 0.25) is 0 Å². The Hall–Kier alpha value is -0.720. The van der Waals surface area contributed by atoms with Gasteiger partial charge in [-0.3, -0.25) is 0 Å². The van der Waals surface area contributed by atoms with Crippen LogP contribution in [0, 0.1) is 0 Å². The molecule has 0 unspecified atom stereocenters. The summed E-state index contributed by atoms with van der Waals surface area (Å²) < 4.78 is 0. The van der Waals surface area contributed by atoms with Crippen molar-refractivity contribution in [1.82, 2.24) is 0 Å². The standard InChI is InChI=1S/C7H13N/c1-4-6(2)7(3)5-8/h4-5H,8H2,1-3H3/b6-4-,7-5-. The zero-order chi connectivity index (χ0) is 6.57. The van der Waals surface area contributed by atoms with Crippen LogP contribution in [0.1, 0.15) is 20.8 Å². The van der Waals surface area contributed by atoms with Crippen LogP contribution in [-0.2, 0) is 0 Å². The van der Waals surface area contributed by atoms with Crippen molar-refractivity contribution in [1.29, 1.82) is 0 Å². The summed E-state index contributed by atoms with van der Waals surface area (Å²) in [5.41, 5.74) is 7.63. The van der Waals surface area contributed by atoms with E-state index in [2.05, 4.69) is 0 Å². The van der Waals surface area contributed by atoms with Gasteiger partial charge >= 0.3 is 0 Å². The van der Waals surface area contributed by atoms with Gasteiger partial charge in [-0.05, 0) is 32.5 Å². The Morgan fingerprint density at radius 2 is 1.75 bits per heavy atom. The van der Waals surface area contributed by atoms with E-state index in [1.54, 1.807) is 6.20 Å². The Labute approximate surface area is 50.9 Å². The van der Waals surface area contributed by atoms with Crippen molar-refractivity contribution in [2.24, 2.45) is 5.73 Å². The molecule has 0 rings (SSSR count). The lowest BCUT2D eigenvalue weighted by molar-refractivity contribution is 1.30. The summed E-state index contributed by atoms with van der Waals surface area (Å²) in [6.07, 6.45) is 3.66. The van der Waals surface area contributed by atoms with Crippen LogP contribution in [0.3, 0.4) is 0 Å². The second kappa shape index (κ2) is 3.30. The molecule has 0 spiro atoms. The fourth-order valence-corrected chi connectivity index (χ4v) is 0.359. The van der Waals surface area contributed by atoms with Crippen LogP contribution in [0.25, 0.3) is 0 Å². The maximum atomic E-state index is 5.25. The summed E-state index contributed by atoms with van der Waals surface area (Å²) in [7, 11) is 0. The van der Waals surface area contributed by atoms with Crippen molar-refractivity contribution in [3.8, 4) is 0 Å². The quantitative estimate of drug-likeness (QED) is 0.513. The van der Waals surface area contributed by atoms with Gasteiger partial charge in [-0.15, -0.1) is 0 Å². The molecule has 0 amide bonds. The molecule has 0 aliphatic carbocycles. The number of nitrogens with two attached hydrogens (primary N) is 1. The lowest BCUT2D eigenvalue weighted by atomic mass is 10.1. The molecular weight excluding hydrogens is 98.1 g/mol. The molecule has 2 N–H and O–H groups in total. The molecule has 0 heterocycles. The van der Waals surface area contributed by atoms with Crippen LogP contribution in [0.5, 0.6) is 0 Å². The van der Waals surface area contributed by atoms with Gasteiger partial charge < -0.3 is 5.73 Å². The maximum Gasteiger partial charge on any atom is -0.00300 e. The highest BCUT2D eigenvalue weighted by Crippen LogP contribution is 2.04. The predicted octanol–water partition coefficient (Wildman–Crippen LogP) is 1.82. The number of allylic oxidation sites excluding steroid dienone is 3. The summed E-state index contributed by atoms with van der Waals surface area (Å²) >= 11 is 0. The fourth-order valence-electron chi connectivity index (χ4n) is 0.359.